The summed E-state index contributed by atoms with van der Waals surface area (Å²) in [6, 6.07) is 14.4. The molecular formula is C18H22N3O4+. The van der Waals surface area contributed by atoms with Crippen LogP contribution in [0.1, 0.15) is 11.8 Å². The van der Waals surface area contributed by atoms with Gasteiger partial charge in [0.05, 0.1) is 4.92 Å². The van der Waals surface area contributed by atoms with Crippen molar-refractivity contribution in [1.82, 2.24) is 0 Å². The first-order valence-electron chi connectivity index (χ1n) is 8.16. The molecule has 0 saturated carbocycles. The Labute approximate surface area is 146 Å². The summed E-state index contributed by atoms with van der Waals surface area (Å²) in [6.45, 7) is 1.23. The summed E-state index contributed by atoms with van der Waals surface area (Å²) in [4.78, 5) is 12.3. The van der Waals surface area contributed by atoms with Gasteiger partial charge in [-0.2, -0.15) is 0 Å². The van der Waals surface area contributed by atoms with Gasteiger partial charge in [0.25, 0.3) is 5.69 Å². The quantitative estimate of drug-likeness (QED) is 0.637. The third-order valence-electron chi connectivity index (χ3n) is 4.17. The Bertz CT molecular complexity index is 716. The number of nitro benzene ring substituents is 1. The van der Waals surface area contributed by atoms with Crippen molar-refractivity contribution in [2.24, 2.45) is 0 Å². The molecule has 1 fully saturated rings. The van der Waals surface area contributed by atoms with Crippen molar-refractivity contribution >= 4 is 11.4 Å². The maximum absolute atomic E-state index is 10.6. The summed E-state index contributed by atoms with van der Waals surface area (Å²) < 4.78 is 11.7. The van der Waals surface area contributed by atoms with E-state index in [1.165, 1.54) is 12.1 Å². The number of non-ortho nitro benzene ring substituents is 1. The fourth-order valence-electron chi connectivity index (χ4n) is 2.73. The number of ether oxygens (including phenoxy) is 2. The number of nitrogens with two attached hydrogens (primary N) is 1. The number of quaternary nitrogens is 1. The lowest BCUT2D eigenvalue weighted by atomic mass is 10.2. The minimum Gasteiger partial charge on any atom is -0.491 e. The third kappa shape index (κ3) is 4.26. The number of nitro groups is 1. The van der Waals surface area contributed by atoms with E-state index in [4.69, 9.17) is 9.47 Å². The SMILES string of the molecule is CN(C)c1ccc([C@H]2[NH2+]C[C@H](COc3ccc([N+](=O)[O-])cc3)O2)cc1. The van der Waals surface area contributed by atoms with Gasteiger partial charge in [-0.15, -0.1) is 0 Å². The molecular weight excluding hydrogens is 322 g/mol. The number of benzene rings is 2. The molecule has 25 heavy (non-hydrogen) atoms. The zero-order valence-electron chi connectivity index (χ0n) is 14.3. The maximum atomic E-state index is 10.6. The topological polar surface area (TPSA) is 81.5 Å². The first-order valence-corrected chi connectivity index (χ1v) is 8.16. The Morgan fingerprint density at radius 2 is 1.88 bits per heavy atom. The van der Waals surface area contributed by atoms with Crippen molar-refractivity contribution in [3.8, 4) is 5.75 Å². The van der Waals surface area contributed by atoms with E-state index in [9.17, 15) is 10.1 Å². The monoisotopic (exact) mass is 344 g/mol. The van der Waals surface area contributed by atoms with Gasteiger partial charge in [0.2, 0.25) is 6.23 Å². The maximum Gasteiger partial charge on any atom is 0.269 e. The summed E-state index contributed by atoms with van der Waals surface area (Å²) >= 11 is 0. The minimum absolute atomic E-state index is 0.0197. The Hall–Kier alpha value is -2.64. The lowest BCUT2D eigenvalue weighted by Crippen LogP contribution is -2.82. The molecule has 3 rings (SSSR count). The van der Waals surface area contributed by atoms with Crippen molar-refractivity contribution in [2.75, 3.05) is 32.1 Å². The van der Waals surface area contributed by atoms with Gasteiger partial charge in [-0.1, -0.05) is 0 Å². The van der Waals surface area contributed by atoms with Gasteiger partial charge >= 0.3 is 0 Å². The van der Waals surface area contributed by atoms with Crippen LogP contribution in [0, 0.1) is 10.1 Å². The van der Waals surface area contributed by atoms with Crippen molar-refractivity contribution in [3.63, 3.8) is 0 Å². The van der Waals surface area contributed by atoms with Gasteiger partial charge in [0.1, 0.15) is 25.0 Å². The van der Waals surface area contributed by atoms with E-state index < -0.39 is 4.92 Å². The van der Waals surface area contributed by atoms with E-state index in [-0.39, 0.29) is 18.0 Å². The van der Waals surface area contributed by atoms with Gasteiger partial charge in [0, 0.05) is 37.5 Å². The van der Waals surface area contributed by atoms with Crippen molar-refractivity contribution < 1.29 is 19.7 Å². The summed E-state index contributed by atoms with van der Waals surface area (Å²) in [6.07, 6.45) is -0.0459. The highest BCUT2D eigenvalue weighted by atomic mass is 16.6. The molecule has 2 N–H and O–H groups in total. The minimum atomic E-state index is -0.426. The van der Waals surface area contributed by atoms with E-state index in [1.807, 2.05) is 14.1 Å². The number of nitrogens with zero attached hydrogens (tertiary/aromatic N) is 2. The smallest absolute Gasteiger partial charge is 0.269 e. The molecule has 132 valence electrons. The van der Waals surface area contributed by atoms with Gasteiger partial charge in [-0.05, 0) is 36.4 Å². The number of hydrogen-bond acceptors (Lipinski definition) is 5. The molecule has 2 atom stereocenters. The highest BCUT2D eigenvalue weighted by Crippen LogP contribution is 2.21. The second kappa shape index (κ2) is 7.50. The fourth-order valence-corrected chi connectivity index (χ4v) is 2.73. The molecule has 0 aromatic heterocycles. The van der Waals surface area contributed by atoms with Crippen molar-refractivity contribution in [2.45, 2.75) is 12.3 Å². The van der Waals surface area contributed by atoms with Crippen LogP contribution in [0.2, 0.25) is 0 Å². The fraction of sp³-hybridized carbons (Fsp3) is 0.333. The van der Waals surface area contributed by atoms with E-state index in [1.54, 1.807) is 12.1 Å². The number of anilines is 1. The Morgan fingerprint density at radius 1 is 1.20 bits per heavy atom. The van der Waals surface area contributed by atoms with Crippen LogP contribution in [0.5, 0.6) is 5.75 Å². The van der Waals surface area contributed by atoms with Crippen LogP contribution in [0.4, 0.5) is 11.4 Å². The van der Waals surface area contributed by atoms with Crippen LogP contribution in [0.25, 0.3) is 0 Å². The average molecular weight is 344 g/mol. The standard InChI is InChI=1S/C18H21N3O4/c1-20(2)14-5-3-13(4-6-14)18-19-11-17(25-18)12-24-16-9-7-15(8-10-16)21(22)23/h3-10,17-19H,11-12H2,1-2H3/p+1/t17-,18+/m1/s1. The second-order valence-corrected chi connectivity index (χ2v) is 6.20. The van der Waals surface area contributed by atoms with E-state index >= 15 is 0 Å². The summed E-state index contributed by atoms with van der Waals surface area (Å²) in [5.74, 6) is 0.605. The molecule has 0 unspecified atom stereocenters. The van der Waals surface area contributed by atoms with Crippen LogP contribution < -0.4 is 15.0 Å². The molecule has 1 aliphatic heterocycles. The molecule has 7 heteroatoms. The Kier molecular flexibility index (Phi) is 5.16. The second-order valence-electron chi connectivity index (χ2n) is 6.20. The predicted octanol–water partition coefficient (Wildman–Crippen LogP) is 1.70. The Morgan fingerprint density at radius 3 is 2.48 bits per heavy atom. The van der Waals surface area contributed by atoms with Gasteiger partial charge in [0.15, 0.2) is 0 Å². The van der Waals surface area contributed by atoms with Crippen LogP contribution in [-0.4, -0.2) is 38.3 Å². The van der Waals surface area contributed by atoms with Crippen LogP contribution in [-0.2, 0) is 4.74 Å². The normalized spacial score (nSPS) is 19.6. The summed E-state index contributed by atoms with van der Waals surface area (Å²) in [5, 5.41) is 12.8. The molecule has 1 heterocycles. The van der Waals surface area contributed by atoms with Gasteiger partial charge < -0.3 is 19.7 Å². The average Bonchev–Trinajstić information content (AvgIpc) is 3.09. The molecule has 0 spiro atoms. The molecule has 7 nitrogen and oxygen atoms in total. The molecule has 1 aliphatic rings. The largest absolute Gasteiger partial charge is 0.491 e. The van der Waals surface area contributed by atoms with E-state index in [0.29, 0.717) is 12.4 Å². The van der Waals surface area contributed by atoms with Gasteiger partial charge in [-0.25, -0.2) is 0 Å². The lowest BCUT2D eigenvalue weighted by Gasteiger charge is -2.14. The van der Waals surface area contributed by atoms with Crippen molar-refractivity contribution in [3.05, 3.63) is 64.2 Å². The molecule has 2 aromatic carbocycles. The first kappa shape index (κ1) is 17.2. The molecule has 0 amide bonds. The predicted molar refractivity (Wildman–Crippen MR) is 93.8 cm³/mol. The molecule has 0 radical (unpaired) electrons. The highest BCUT2D eigenvalue weighted by Gasteiger charge is 2.30. The lowest BCUT2D eigenvalue weighted by molar-refractivity contribution is -0.697. The summed E-state index contributed by atoms with van der Waals surface area (Å²) in [5.41, 5.74) is 2.34. The molecule has 2 aromatic rings. The van der Waals surface area contributed by atoms with Crippen LogP contribution >= 0.6 is 0 Å². The van der Waals surface area contributed by atoms with Crippen LogP contribution in [0.3, 0.4) is 0 Å². The molecule has 1 saturated heterocycles. The number of hydrogen-bond donors (Lipinski definition) is 1. The molecule has 0 aliphatic carbocycles. The van der Waals surface area contributed by atoms with Crippen LogP contribution in [0.15, 0.2) is 48.5 Å². The molecule has 0 bridgehead atoms. The van der Waals surface area contributed by atoms with Crippen molar-refractivity contribution in [1.29, 1.82) is 0 Å². The van der Waals surface area contributed by atoms with E-state index in [0.717, 1.165) is 17.8 Å². The number of rotatable bonds is 6. The first-order chi connectivity index (χ1) is 12.0. The van der Waals surface area contributed by atoms with E-state index in [2.05, 4.69) is 34.5 Å². The zero-order chi connectivity index (χ0) is 17.8. The summed E-state index contributed by atoms with van der Waals surface area (Å²) in [7, 11) is 4.03. The highest BCUT2D eigenvalue weighted by molar-refractivity contribution is 5.46. The third-order valence-corrected chi connectivity index (χ3v) is 4.17. The zero-order valence-corrected chi connectivity index (χ0v) is 14.3. The Balaban J connectivity index is 1.51. The van der Waals surface area contributed by atoms with Gasteiger partial charge in [-0.3, -0.25) is 10.1 Å².